The van der Waals surface area contributed by atoms with Crippen LogP contribution < -0.4 is 0 Å². The molecule has 128 valence electrons. The van der Waals surface area contributed by atoms with Crippen LogP contribution in [0.4, 0.5) is 0 Å². The van der Waals surface area contributed by atoms with E-state index in [0.29, 0.717) is 0 Å². The molecule has 10 heteroatoms. The van der Waals surface area contributed by atoms with Gasteiger partial charge in [0.1, 0.15) is 22.7 Å². The molecule has 0 saturated carbocycles. The average Bonchev–Trinajstić information content (AvgIpc) is 3.20. The molecule has 4 aromatic rings. The topological polar surface area (TPSA) is 87.2 Å². The number of rotatable bonds is 6. The van der Waals surface area contributed by atoms with Gasteiger partial charge in [0.05, 0.1) is 23.2 Å². The second kappa shape index (κ2) is 6.96. The van der Waals surface area contributed by atoms with E-state index in [-0.39, 0.29) is 0 Å². The predicted molar refractivity (Wildman–Crippen MR) is 98.7 cm³/mol. The summed E-state index contributed by atoms with van der Waals surface area (Å²) in [5.74, 6) is 1.96. The standard InChI is InChI=1S/C15H16N8S2/c1-22-12-10(6-20-22)14(18-8-16-12)24-4-3-5-25-15-11-7-21-23(2)13(11)17-9-19-15/h6-9H,3-5H2,1-2H3. The van der Waals surface area contributed by atoms with Crippen LogP contribution in [0.25, 0.3) is 22.1 Å². The van der Waals surface area contributed by atoms with Gasteiger partial charge in [-0.3, -0.25) is 9.36 Å². The normalized spacial score (nSPS) is 11.6. The Hall–Kier alpha value is -2.20. The summed E-state index contributed by atoms with van der Waals surface area (Å²) in [6, 6.07) is 0. The van der Waals surface area contributed by atoms with Crippen molar-refractivity contribution in [1.29, 1.82) is 0 Å². The fourth-order valence-electron chi connectivity index (χ4n) is 2.51. The fourth-order valence-corrected chi connectivity index (χ4v) is 4.50. The molecule has 4 heterocycles. The molecule has 0 unspecified atom stereocenters. The molecule has 0 N–H and O–H groups in total. The van der Waals surface area contributed by atoms with Crippen molar-refractivity contribution in [2.75, 3.05) is 11.5 Å². The van der Waals surface area contributed by atoms with E-state index in [1.165, 1.54) is 0 Å². The third-order valence-corrected chi connectivity index (χ3v) is 5.94. The zero-order valence-electron chi connectivity index (χ0n) is 13.8. The van der Waals surface area contributed by atoms with Gasteiger partial charge in [-0.1, -0.05) is 0 Å². The SMILES string of the molecule is Cn1ncc2c(SCCCSc3ncnc4c3cnn4C)ncnc21. The van der Waals surface area contributed by atoms with E-state index >= 15 is 0 Å². The Kier molecular flexibility index (Phi) is 4.53. The van der Waals surface area contributed by atoms with Crippen LogP contribution in [0.5, 0.6) is 0 Å². The molecule has 4 aromatic heterocycles. The first-order valence-electron chi connectivity index (χ1n) is 7.75. The number of aryl methyl sites for hydroxylation is 2. The first-order chi connectivity index (χ1) is 12.2. The molecule has 0 aliphatic heterocycles. The van der Waals surface area contributed by atoms with Gasteiger partial charge in [0.25, 0.3) is 0 Å². The van der Waals surface area contributed by atoms with E-state index in [1.807, 2.05) is 26.5 Å². The highest BCUT2D eigenvalue weighted by Crippen LogP contribution is 2.27. The minimum absolute atomic E-state index is 0.867. The lowest BCUT2D eigenvalue weighted by atomic mass is 10.4. The maximum absolute atomic E-state index is 4.38. The molecule has 0 saturated heterocycles. The summed E-state index contributed by atoms with van der Waals surface area (Å²) in [5.41, 5.74) is 1.73. The summed E-state index contributed by atoms with van der Waals surface area (Å²) in [6.45, 7) is 0. The third kappa shape index (κ3) is 3.19. The number of hydrogen-bond donors (Lipinski definition) is 0. The molecule has 0 bridgehead atoms. The second-order valence-electron chi connectivity index (χ2n) is 5.42. The summed E-state index contributed by atoms with van der Waals surface area (Å²) < 4.78 is 3.54. The van der Waals surface area contributed by atoms with Crippen molar-refractivity contribution in [2.45, 2.75) is 16.5 Å². The summed E-state index contributed by atoms with van der Waals surface area (Å²) >= 11 is 3.48. The van der Waals surface area contributed by atoms with Crippen molar-refractivity contribution in [2.24, 2.45) is 14.1 Å². The van der Waals surface area contributed by atoms with Gasteiger partial charge in [0.2, 0.25) is 0 Å². The minimum Gasteiger partial charge on any atom is -0.250 e. The number of hydrogen-bond acceptors (Lipinski definition) is 8. The molecule has 0 aliphatic rings. The first-order valence-corrected chi connectivity index (χ1v) is 9.72. The van der Waals surface area contributed by atoms with E-state index in [4.69, 9.17) is 0 Å². The van der Waals surface area contributed by atoms with E-state index in [1.54, 1.807) is 45.5 Å². The molecular formula is C15H16N8S2. The van der Waals surface area contributed by atoms with Gasteiger partial charge in [-0.05, 0) is 6.42 Å². The molecule has 0 spiro atoms. The van der Waals surface area contributed by atoms with Crippen molar-refractivity contribution in [3.05, 3.63) is 25.0 Å². The molecule has 0 radical (unpaired) electrons. The van der Waals surface area contributed by atoms with E-state index in [2.05, 4.69) is 30.1 Å². The van der Waals surface area contributed by atoms with Gasteiger partial charge < -0.3 is 0 Å². The quantitative estimate of drug-likeness (QED) is 0.289. The summed E-state index contributed by atoms with van der Waals surface area (Å²) in [5, 5.41) is 12.5. The van der Waals surface area contributed by atoms with Gasteiger partial charge in [0, 0.05) is 25.6 Å². The van der Waals surface area contributed by atoms with Crippen molar-refractivity contribution in [3.63, 3.8) is 0 Å². The monoisotopic (exact) mass is 372 g/mol. The number of fused-ring (bicyclic) bond motifs is 2. The Bertz CT molecular complexity index is 943. The lowest BCUT2D eigenvalue weighted by Crippen LogP contribution is -1.94. The predicted octanol–water partition coefficient (Wildman–Crippen LogP) is 2.31. The molecule has 0 amide bonds. The van der Waals surface area contributed by atoms with Gasteiger partial charge in [-0.15, -0.1) is 23.5 Å². The molecular weight excluding hydrogens is 356 g/mol. The van der Waals surface area contributed by atoms with Crippen LogP contribution in [0.1, 0.15) is 6.42 Å². The van der Waals surface area contributed by atoms with Crippen molar-refractivity contribution in [3.8, 4) is 0 Å². The Balaban J connectivity index is 1.35. The van der Waals surface area contributed by atoms with Crippen LogP contribution >= 0.6 is 23.5 Å². The van der Waals surface area contributed by atoms with E-state index in [9.17, 15) is 0 Å². The lowest BCUT2D eigenvalue weighted by Gasteiger charge is -2.03. The first kappa shape index (κ1) is 16.3. The number of aromatic nitrogens is 8. The Morgan fingerprint density at radius 3 is 1.72 bits per heavy atom. The van der Waals surface area contributed by atoms with E-state index < -0.39 is 0 Å². The maximum Gasteiger partial charge on any atom is 0.162 e. The van der Waals surface area contributed by atoms with Gasteiger partial charge in [-0.25, -0.2) is 19.9 Å². The van der Waals surface area contributed by atoms with Crippen molar-refractivity contribution < 1.29 is 0 Å². The molecule has 0 aromatic carbocycles. The Morgan fingerprint density at radius 1 is 0.760 bits per heavy atom. The zero-order chi connectivity index (χ0) is 17.2. The van der Waals surface area contributed by atoms with Crippen LogP contribution in [-0.4, -0.2) is 51.0 Å². The number of nitrogens with zero attached hydrogens (tertiary/aromatic N) is 8. The molecule has 0 atom stereocenters. The molecule has 8 nitrogen and oxygen atoms in total. The van der Waals surface area contributed by atoms with Crippen molar-refractivity contribution >= 4 is 45.6 Å². The maximum atomic E-state index is 4.38. The van der Waals surface area contributed by atoms with Gasteiger partial charge >= 0.3 is 0 Å². The zero-order valence-corrected chi connectivity index (χ0v) is 15.5. The fraction of sp³-hybridized carbons (Fsp3) is 0.333. The molecule has 4 rings (SSSR count). The van der Waals surface area contributed by atoms with Crippen LogP contribution in [0.15, 0.2) is 35.1 Å². The minimum atomic E-state index is 0.867. The molecule has 0 fully saturated rings. The van der Waals surface area contributed by atoms with E-state index in [0.717, 1.165) is 50.0 Å². The summed E-state index contributed by atoms with van der Waals surface area (Å²) in [6.07, 6.45) is 7.90. The highest BCUT2D eigenvalue weighted by molar-refractivity contribution is 8.00. The van der Waals surface area contributed by atoms with Crippen molar-refractivity contribution in [1.82, 2.24) is 39.5 Å². The van der Waals surface area contributed by atoms with Crippen LogP contribution in [-0.2, 0) is 14.1 Å². The average molecular weight is 372 g/mol. The highest BCUT2D eigenvalue weighted by atomic mass is 32.2. The van der Waals surface area contributed by atoms with Gasteiger partial charge in [-0.2, -0.15) is 10.2 Å². The highest BCUT2D eigenvalue weighted by Gasteiger charge is 2.10. The second-order valence-corrected chi connectivity index (χ2v) is 7.59. The largest absolute Gasteiger partial charge is 0.250 e. The molecule has 0 aliphatic carbocycles. The third-order valence-electron chi connectivity index (χ3n) is 3.75. The Morgan fingerprint density at radius 2 is 1.24 bits per heavy atom. The van der Waals surface area contributed by atoms with Crippen LogP contribution in [0, 0.1) is 0 Å². The smallest absolute Gasteiger partial charge is 0.162 e. The van der Waals surface area contributed by atoms with Crippen LogP contribution in [0.2, 0.25) is 0 Å². The molecule has 25 heavy (non-hydrogen) atoms. The number of thioether (sulfide) groups is 2. The van der Waals surface area contributed by atoms with Gasteiger partial charge in [0.15, 0.2) is 11.3 Å². The lowest BCUT2D eigenvalue weighted by molar-refractivity contribution is 0.784. The van der Waals surface area contributed by atoms with Crippen LogP contribution in [0.3, 0.4) is 0 Å². The summed E-state index contributed by atoms with van der Waals surface area (Å²) in [4.78, 5) is 17.3. The summed E-state index contributed by atoms with van der Waals surface area (Å²) in [7, 11) is 3.78. The Labute approximate surface area is 152 Å².